The average Bonchev–Trinajstić information content (AvgIpc) is 3.16. The number of carbonyl (C=O) groups is 1. The predicted molar refractivity (Wildman–Crippen MR) is 124 cm³/mol. The monoisotopic (exact) mass is 432 g/mol. The normalized spacial score (nSPS) is 16.6. The van der Waals surface area contributed by atoms with Gasteiger partial charge in [0, 0.05) is 29.8 Å². The van der Waals surface area contributed by atoms with Crippen LogP contribution in [0.1, 0.15) is 36.1 Å². The molecule has 166 valence electrons. The lowest BCUT2D eigenvalue weighted by molar-refractivity contribution is -0.152. The highest BCUT2D eigenvalue weighted by Crippen LogP contribution is 2.36. The molecule has 2 aliphatic rings. The summed E-state index contributed by atoms with van der Waals surface area (Å²) in [6.07, 6.45) is 0.176. The van der Waals surface area contributed by atoms with E-state index in [1.54, 1.807) is 0 Å². The molecular formula is C26H28N2O4. The van der Waals surface area contributed by atoms with Gasteiger partial charge in [-0.25, -0.2) is 0 Å². The van der Waals surface area contributed by atoms with Crippen LogP contribution >= 0.6 is 0 Å². The molecule has 32 heavy (non-hydrogen) atoms. The predicted octanol–water partition coefficient (Wildman–Crippen LogP) is 3.67. The van der Waals surface area contributed by atoms with Gasteiger partial charge in [-0.15, -0.1) is 0 Å². The molecule has 0 amide bonds. The van der Waals surface area contributed by atoms with Crippen molar-refractivity contribution in [2.24, 2.45) is 0 Å². The zero-order chi connectivity index (χ0) is 22.2. The largest absolute Gasteiger partial charge is 0.457 e. The first-order valence-electron chi connectivity index (χ1n) is 11.3. The standard InChI is InChI=1S/C26H28N2O4/c1-3-24(32-25(29)16-27-8-10-31-11-9-27)21-14-23-22-13-19-7-5-4-6-18(19)12-20(22)15-28(23)26(30)17(21)2/h4-7,12-14,24H,3,8-11,15-16H2,1-2H3. The number of hydrogen-bond donors (Lipinski definition) is 0. The molecule has 0 aliphatic carbocycles. The number of aromatic nitrogens is 1. The summed E-state index contributed by atoms with van der Waals surface area (Å²) in [7, 11) is 0. The van der Waals surface area contributed by atoms with Crippen LogP contribution in [0, 0.1) is 6.92 Å². The maximum atomic E-state index is 13.3. The molecule has 1 fully saturated rings. The van der Waals surface area contributed by atoms with Crippen LogP contribution < -0.4 is 5.56 Å². The summed E-state index contributed by atoms with van der Waals surface area (Å²) in [6.45, 7) is 7.38. The second-order valence-corrected chi connectivity index (χ2v) is 8.63. The maximum Gasteiger partial charge on any atom is 0.320 e. The number of nitrogens with zero attached hydrogens (tertiary/aromatic N) is 2. The van der Waals surface area contributed by atoms with Gasteiger partial charge in [0.15, 0.2) is 0 Å². The molecule has 0 bridgehead atoms. The van der Waals surface area contributed by atoms with Gasteiger partial charge in [-0.1, -0.05) is 31.2 Å². The van der Waals surface area contributed by atoms with Crippen molar-refractivity contribution in [1.82, 2.24) is 9.47 Å². The van der Waals surface area contributed by atoms with Gasteiger partial charge in [-0.05, 0) is 47.9 Å². The van der Waals surface area contributed by atoms with Gasteiger partial charge >= 0.3 is 5.97 Å². The first-order valence-corrected chi connectivity index (χ1v) is 11.3. The van der Waals surface area contributed by atoms with Crippen LogP contribution in [0.3, 0.4) is 0 Å². The molecule has 0 spiro atoms. The molecular weight excluding hydrogens is 404 g/mol. The summed E-state index contributed by atoms with van der Waals surface area (Å²) in [5.74, 6) is -0.259. The van der Waals surface area contributed by atoms with Crippen LogP contribution in [-0.2, 0) is 20.8 Å². The van der Waals surface area contributed by atoms with Crippen LogP contribution in [0.2, 0.25) is 0 Å². The van der Waals surface area contributed by atoms with Crippen LogP contribution in [-0.4, -0.2) is 48.3 Å². The van der Waals surface area contributed by atoms with Crippen molar-refractivity contribution in [3.63, 3.8) is 0 Å². The Morgan fingerprint density at radius 3 is 2.56 bits per heavy atom. The summed E-state index contributed by atoms with van der Waals surface area (Å²) in [6, 6.07) is 14.6. The lowest BCUT2D eigenvalue weighted by atomic mass is 9.98. The van der Waals surface area contributed by atoms with E-state index in [1.807, 2.05) is 41.5 Å². The van der Waals surface area contributed by atoms with Gasteiger partial charge in [-0.3, -0.25) is 14.5 Å². The molecule has 2 aromatic carbocycles. The highest BCUT2D eigenvalue weighted by molar-refractivity contribution is 5.89. The number of fused-ring (bicyclic) bond motifs is 4. The van der Waals surface area contributed by atoms with E-state index in [0.29, 0.717) is 31.7 Å². The maximum absolute atomic E-state index is 13.3. The lowest BCUT2D eigenvalue weighted by Crippen LogP contribution is -2.40. The summed E-state index contributed by atoms with van der Waals surface area (Å²) in [5.41, 5.74) is 4.57. The van der Waals surface area contributed by atoms with Gasteiger partial charge in [0.1, 0.15) is 6.10 Å². The highest BCUT2D eigenvalue weighted by Gasteiger charge is 2.27. The number of carbonyl (C=O) groups excluding carboxylic acids is 1. The number of pyridine rings is 1. The molecule has 0 N–H and O–H groups in total. The number of rotatable bonds is 5. The molecule has 3 aromatic rings. The minimum atomic E-state index is -0.438. The topological polar surface area (TPSA) is 60.8 Å². The van der Waals surface area contributed by atoms with Crippen LogP contribution in [0.5, 0.6) is 0 Å². The van der Waals surface area contributed by atoms with Gasteiger partial charge in [-0.2, -0.15) is 0 Å². The molecule has 2 aliphatic heterocycles. The molecule has 3 heterocycles. The van der Waals surface area contributed by atoms with Crippen molar-refractivity contribution in [1.29, 1.82) is 0 Å². The first-order chi connectivity index (χ1) is 15.5. The van der Waals surface area contributed by atoms with Crippen molar-refractivity contribution in [3.8, 4) is 11.3 Å². The Morgan fingerprint density at radius 2 is 1.84 bits per heavy atom. The van der Waals surface area contributed by atoms with E-state index in [2.05, 4.69) is 24.3 Å². The minimum absolute atomic E-state index is 0.0135. The van der Waals surface area contributed by atoms with Gasteiger partial charge < -0.3 is 14.0 Å². The molecule has 1 aromatic heterocycles. The van der Waals surface area contributed by atoms with Crippen LogP contribution in [0.15, 0.2) is 47.3 Å². The minimum Gasteiger partial charge on any atom is -0.457 e. The van der Waals surface area contributed by atoms with E-state index in [-0.39, 0.29) is 18.1 Å². The Morgan fingerprint density at radius 1 is 1.12 bits per heavy atom. The summed E-state index contributed by atoms with van der Waals surface area (Å²) in [5, 5.41) is 2.32. The molecule has 1 atom stereocenters. The fourth-order valence-electron chi connectivity index (χ4n) is 4.81. The van der Waals surface area contributed by atoms with Crippen molar-refractivity contribution in [2.75, 3.05) is 32.8 Å². The Bertz CT molecular complexity index is 1240. The Kier molecular flexibility index (Phi) is 5.57. The fraction of sp³-hybridized carbons (Fsp3) is 0.385. The fourth-order valence-corrected chi connectivity index (χ4v) is 4.81. The molecule has 6 heteroatoms. The first kappa shape index (κ1) is 20.9. The second kappa shape index (κ2) is 8.52. The average molecular weight is 433 g/mol. The highest BCUT2D eigenvalue weighted by atomic mass is 16.5. The third kappa shape index (κ3) is 3.74. The van der Waals surface area contributed by atoms with E-state index in [1.165, 1.54) is 5.39 Å². The number of hydrogen-bond acceptors (Lipinski definition) is 5. The summed E-state index contributed by atoms with van der Waals surface area (Å²) < 4.78 is 13.1. The van der Waals surface area contributed by atoms with Crippen molar-refractivity contribution < 1.29 is 14.3 Å². The number of benzene rings is 2. The van der Waals surface area contributed by atoms with Gasteiger partial charge in [0.2, 0.25) is 0 Å². The zero-order valence-electron chi connectivity index (χ0n) is 18.6. The molecule has 5 rings (SSSR count). The Labute approximate surface area is 187 Å². The van der Waals surface area contributed by atoms with E-state index in [9.17, 15) is 9.59 Å². The number of ether oxygens (including phenoxy) is 2. The second-order valence-electron chi connectivity index (χ2n) is 8.63. The van der Waals surface area contributed by atoms with E-state index < -0.39 is 6.10 Å². The molecule has 1 unspecified atom stereocenters. The van der Waals surface area contributed by atoms with Crippen LogP contribution in [0.4, 0.5) is 0 Å². The zero-order valence-corrected chi connectivity index (χ0v) is 18.6. The summed E-state index contributed by atoms with van der Waals surface area (Å²) in [4.78, 5) is 28.0. The summed E-state index contributed by atoms with van der Waals surface area (Å²) >= 11 is 0. The Balaban J connectivity index is 1.47. The number of morpholine rings is 1. The lowest BCUT2D eigenvalue weighted by Gasteiger charge is -2.27. The number of esters is 1. The van der Waals surface area contributed by atoms with E-state index in [0.717, 1.165) is 40.9 Å². The van der Waals surface area contributed by atoms with E-state index >= 15 is 0 Å². The quantitative estimate of drug-likeness (QED) is 0.451. The van der Waals surface area contributed by atoms with Gasteiger partial charge in [0.05, 0.1) is 32.0 Å². The molecule has 6 nitrogen and oxygen atoms in total. The van der Waals surface area contributed by atoms with Crippen molar-refractivity contribution in [3.05, 3.63) is 69.5 Å². The van der Waals surface area contributed by atoms with E-state index in [4.69, 9.17) is 9.47 Å². The third-order valence-electron chi connectivity index (χ3n) is 6.61. The van der Waals surface area contributed by atoms with Crippen molar-refractivity contribution in [2.45, 2.75) is 32.9 Å². The molecule has 0 radical (unpaired) electrons. The SMILES string of the molecule is CCC(OC(=O)CN1CCOCC1)c1cc2n(c(=O)c1C)Cc1cc3ccccc3cc1-2. The molecule has 1 saturated heterocycles. The third-order valence-corrected chi connectivity index (χ3v) is 6.61. The van der Waals surface area contributed by atoms with Crippen molar-refractivity contribution >= 4 is 16.7 Å². The molecule has 0 saturated carbocycles. The van der Waals surface area contributed by atoms with Gasteiger partial charge in [0.25, 0.3) is 5.56 Å². The smallest absolute Gasteiger partial charge is 0.320 e. The van der Waals surface area contributed by atoms with Crippen LogP contribution in [0.25, 0.3) is 22.0 Å². The Hall–Kier alpha value is -2.96.